The summed E-state index contributed by atoms with van der Waals surface area (Å²) in [6.45, 7) is 10.5. The van der Waals surface area contributed by atoms with Crippen molar-refractivity contribution < 1.29 is 4.79 Å². The Kier molecular flexibility index (Phi) is 4.40. The topological polar surface area (TPSA) is 35.6 Å². The lowest BCUT2D eigenvalue weighted by atomic mass is 10.0. The zero-order valence-corrected chi connectivity index (χ0v) is 11.1. The SMILES string of the molecule is CCC(C)CC(=O)N1CCN(C2CNC2)CC1. The molecule has 1 amide bonds. The van der Waals surface area contributed by atoms with Gasteiger partial charge in [0.25, 0.3) is 0 Å². The third-order valence-corrected chi connectivity index (χ3v) is 4.16. The van der Waals surface area contributed by atoms with Crippen LogP contribution in [0.3, 0.4) is 0 Å². The van der Waals surface area contributed by atoms with E-state index in [1.165, 1.54) is 0 Å². The van der Waals surface area contributed by atoms with Crippen LogP contribution in [-0.2, 0) is 4.79 Å². The summed E-state index contributed by atoms with van der Waals surface area (Å²) in [6.07, 6.45) is 1.82. The minimum Gasteiger partial charge on any atom is -0.340 e. The highest BCUT2D eigenvalue weighted by Gasteiger charge is 2.29. The summed E-state index contributed by atoms with van der Waals surface area (Å²) in [7, 11) is 0. The maximum atomic E-state index is 12.0. The number of hydrogen-bond donors (Lipinski definition) is 1. The fraction of sp³-hybridized carbons (Fsp3) is 0.923. The molecule has 2 fully saturated rings. The number of nitrogens with zero attached hydrogens (tertiary/aromatic N) is 2. The average molecular weight is 239 g/mol. The molecular weight excluding hydrogens is 214 g/mol. The Bertz CT molecular complexity index is 257. The summed E-state index contributed by atoms with van der Waals surface area (Å²) in [4.78, 5) is 16.6. The molecule has 0 aromatic heterocycles. The van der Waals surface area contributed by atoms with Gasteiger partial charge in [0.15, 0.2) is 0 Å². The van der Waals surface area contributed by atoms with Crippen molar-refractivity contribution in [2.24, 2.45) is 5.92 Å². The van der Waals surface area contributed by atoms with E-state index in [1.807, 2.05) is 0 Å². The lowest BCUT2D eigenvalue weighted by Gasteiger charge is -2.43. The Morgan fingerprint density at radius 3 is 2.41 bits per heavy atom. The van der Waals surface area contributed by atoms with E-state index in [4.69, 9.17) is 0 Å². The second-order valence-corrected chi connectivity index (χ2v) is 5.45. The van der Waals surface area contributed by atoms with Crippen LogP contribution in [0.2, 0.25) is 0 Å². The van der Waals surface area contributed by atoms with Crippen molar-refractivity contribution >= 4 is 5.91 Å². The van der Waals surface area contributed by atoms with Crippen molar-refractivity contribution in [2.75, 3.05) is 39.3 Å². The quantitative estimate of drug-likeness (QED) is 0.778. The largest absolute Gasteiger partial charge is 0.340 e. The molecule has 2 aliphatic rings. The van der Waals surface area contributed by atoms with Crippen molar-refractivity contribution in [1.29, 1.82) is 0 Å². The summed E-state index contributed by atoms with van der Waals surface area (Å²) >= 11 is 0. The monoisotopic (exact) mass is 239 g/mol. The number of amides is 1. The minimum absolute atomic E-state index is 0.353. The molecule has 0 bridgehead atoms. The molecular formula is C13H25N3O. The summed E-state index contributed by atoms with van der Waals surface area (Å²) in [5, 5.41) is 3.30. The molecule has 0 saturated carbocycles. The van der Waals surface area contributed by atoms with Crippen LogP contribution in [0.15, 0.2) is 0 Å². The molecule has 98 valence electrons. The Morgan fingerprint density at radius 1 is 1.29 bits per heavy atom. The summed E-state index contributed by atoms with van der Waals surface area (Å²) < 4.78 is 0. The van der Waals surface area contributed by atoms with Gasteiger partial charge in [-0.3, -0.25) is 9.69 Å². The molecule has 1 atom stereocenters. The Morgan fingerprint density at radius 2 is 1.94 bits per heavy atom. The van der Waals surface area contributed by atoms with Crippen LogP contribution in [0.5, 0.6) is 0 Å². The normalized spacial score (nSPS) is 24.5. The van der Waals surface area contributed by atoms with E-state index in [2.05, 4.69) is 29.0 Å². The van der Waals surface area contributed by atoms with E-state index < -0.39 is 0 Å². The van der Waals surface area contributed by atoms with Crippen molar-refractivity contribution in [1.82, 2.24) is 15.1 Å². The second kappa shape index (κ2) is 5.83. The molecule has 0 aromatic carbocycles. The molecule has 0 spiro atoms. The fourth-order valence-electron chi connectivity index (χ4n) is 2.44. The van der Waals surface area contributed by atoms with Crippen molar-refractivity contribution in [3.63, 3.8) is 0 Å². The third kappa shape index (κ3) is 3.19. The van der Waals surface area contributed by atoms with Crippen LogP contribution < -0.4 is 5.32 Å². The van der Waals surface area contributed by atoms with Gasteiger partial charge in [0, 0.05) is 51.7 Å². The number of carbonyl (C=O) groups is 1. The van der Waals surface area contributed by atoms with Gasteiger partial charge in [-0.15, -0.1) is 0 Å². The van der Waals surface area contributed by atoms with Gasteiger partial charge in [-0.25, -0.2) is 0 Å². The molecule has 1 N–H and O–H groups in total. The van der Waals surface area contributed by atoms with Gasteiger partial charge in [-0.2, -0.15) is 0 Å². The molecule has 17 heavy (non-hydrogen) atoms. The van der Waals surface area contributed by atoms with Crippen LogP contribution in [0, 0.1) is 5.92 Å². The van der Waals surface area contributed by atoms with E-state index >= 15 is 0 Å². The maximum absolute atomic E-state index is 12.0. The highest BCUT2D eigenvalue weighted by Crippen LogP contribution is 2.13. The number of piperazine rings is 1. The van der Waals surface area contributed by atoms with Crippen molar-refractivity contribution in [3.05, 3.63) is 0 Å². The minimum atomic E-state index is 0.353. The lowest BCUT2D eigenvalue weighted by molar-refractivity contribution is -0.134. The van der Waals surface area contributed by atoms with Crippen LogP contribution in [0.4, 0.5) is 0 Å². The van der Waals surface area contributed by atoms with Gasteiger partial charge < -0.3 is 10.2 Å². The molecule has 2 aliphatic heterocycles. The molecule has 0 aromatic rings. The highest BCUT2D eigenvalue weighted by molar-refractivity contribution is 5.76. The third-order valence-electron chi connectivity index (χ3n) is 4.16. The number of hydrogen-bond acceptors (Lipinski definition) is 3. The first kappa shape index (κ1) is 12.8. The standard InChI is InChI=1S/C13H25N3O/c1-3-11(2)8-13(17)16-6-4-15(5-7-16)12-9-14-10-12/h11-12,14H,3-10H2,1-2H3. The van der Waals surface area contributed by atoms with Gasteiger partial charge in [-0.05, 0) is 5.92 Å². The molecule has 0 radical (unpaired) electrons. The van der Waals surface area contributed by atoms with Gasteiger partial charge in [-0.1, -0.05) is 20.3 Å². The van der Waals surface area contributed by atoms with Crippen LogP contribution in [-0.4, -0.2) is 61.0 Å². The van der Waals surface area contributed by atoms with E-state index in [1.54, 1.807) is 0 Å². The molecule has 2 heterocycles. The zero-order chi connectivity index (χ0) is 12.3. The number of rotatable bonds is 4. The van der Waals surface area contributed by atoms with E-state index in [0.717, 1.165) is 58.2 Å². The summed E-state index contributed by atoms with van der Waals surface area (Å²) in [5.74, 6) is 0.877. The van der Waals surface area contributed by atoms with Gasteiger partial charge in [0.1, 0.15) is 0 Å². The second-order valence-electron chi connectivity index (χ2n) is 5.45. The fourth-order valence-corrected chi connectivity index (χ4v) is 2.44. The predicted octanol–water partition coefficient (Wildman–Crippen LogP) is 0.539. The first-order valence-corrected chi connectivity index (χ1v) is 6.93. The molecule has 2 rings (SSSR count). The molecule has 4 heteroatoms. The van der Waals surface area contributed by atoms with E-state index in [-0.39, 0.29) is 0 Å². The van der Waals surface area contributed by atoms with Crippen molar-refractivity contribution in [3.8, 4) is 0 Å². The Balaban J connectivity index is 1.72. The predicted molar refractivity (Wildman–Crippen MR) is 68.9 cm³/mol. The highest BCUT2D eigenvalue weighted by atomic mass is 16.2. The Labute approximate surface area is 104 Å². The average Bonchev–Trinajstić information content (AvgIpc) is 2.27. The Hall–Kier alpha value is -0.610. The van der Waals surface area contributed by atoms with Crippen molar-refractivity contribution in [2.45, 2.75) is 32.7 Å². The molecule has 4 nitrogen and oxygen atoms in total. The van der Waals surface area contributed by atoms with Crippen LogP contribution >= 0.6 is 0 Å². The molecule has 0 aliphatic carbocycles. The summed E-state index contributed by atoms with van der Waals surface area (Å²) in [5.41, 5.74) is 0. The number of carbonyl (C=O) groups excluding carboxylic acids is 1. The first-order valence-electron chi connectivity index (χ1n) is 6.93. The van der Waals surface area contributed by atoms with E-state index in [9.17, 15) is 4.79 Å². The van der Waals surface area contributed by atoms with E-state index in [0.29, 0.717) is 11.8 Å². The maximum Gasteiger partial charge on any atom is 0.222 e. The number of nitrogens with one attached hydrogen (secondary N) is 1. The van der Waals surface area contributed by atoms with Gasteiger partial charge in [0.05, 0.1) is 0 Å². The smallest absolute Gasteiger partial charge is 0.222 e. The van der Waals surface area contributed by atoms with Crippen LogP contribution in [0.25, 0.3) is 0 Å². The van der Waals surface area contributed by atoms with Gasteiger partial charge in [0.2, 0.25) is 5.91 Å². The first-order chi connectivity index (χ1) is 8.20. The van der Waals surface area contributed by atoms with Crippen LogP contribution in [0.1, 0.15) is 26.7 Å². The molecule has 2 saturated heterocycles. The zero-order valence-electron chi connectivity index (χ0n) is 11.1. The summed E-state index contributed by atoms with van der Waals surface area (Å²) in [6, 6.07) is 0.724. The van der Waals surface area contributed by atoms with Gasteiger partial charge >= 0.3 is 0 Å². The lowest BCUT2D eigenvalue weighted by Crippen LogP contribution is -2.62. The molecule has 1 unspecified atom stereocenters.